The predicted octanol–water partition coefficient (Wildman–Crippen LogP) is 1.19. The smallest absolute Gasteiger partial charge is 0.313 e. The lowest BCUT2D eigenvalue weighted by atomic mass is 10.1. The third-order valence-electron chi connectivity index (χ3n) is 4.63. The molecular formula is C19H30N4O2. The molecule has 6 nitrogen and oxygen atoms in total. The standard InChI is InChI=1S/C19H30N4O2/c1-4-16-7-5-6-8-17(16)21-19(25)18(24)20-13-15(2)14-23-11-9-22(3)10-12-23/h5-8,15H,4,9-14H2,1-3H3,(H,20,24)(H,21,25)/t15-/m0/s1. The van der Waals surface area contributed by atoms with Crippen LogP contribution in [0.4, 0.5) is 5.69 Å². The molecule has 1 aromatic rings. The average molecular weight is 346 g/mol. The third-order valence-corrected chi connectivity index (χ3v) is 4.63. The van der Waals surface area contributed by atoms with Crippen LogP contribution in [0.3, 0.4) is 0 Å². The maximum atomic E-state index is 12.1. The Balaban J connectivity index is 1.74. The highest BCUT2D eigenvalue weighted by Gasteiger charge is 2.18. The van der Waals surface area contributed by atoms with Gasteiger partial charge in [-0.25, -0.2) is 0 Å². The first-order valence-corrected chi connectivity index (χ1v) is 9.07. The number of rotatable bonds is 6. The Bertz CT molecular complexity index is 583. The van der Waals surface area contributed by atoms with Crippen molar-refractivity contribution in [2.75, 3.05) is 51.6 Å². The molecule has 2 amide bonds. The number of amides is 2. The number of likely N-dealkylation sites (N-methyl/N-ethyl adjacent to an activating group) is 1. The highest BCUT2D eigenvalue weighted by atomic mass is 16.2. The van der Waals surface area contributed by atoms with E-state index in [4.69, 9.17) is 0 Å². The van der Waals surface area contributed by atoms with E-state index in [9.17, 15) is 9.59 Å². The first kappa shape index (κ1) is 19.4. The molecule has 0 bridgehead atoms. The molecule has 1 aromatic carbocycles. The third kappa shape index (κ3) is 6.14. The molecule has 0 spiro atoms. The van der Waals surface area contributed by atoms with E-state index in [0.29, 0.717) is 18.2 Å². The second kappa shape index (κ2) is 9.53. The molecular weight excluding hydrogens is 316 g/mol. The molecule has 25 heavy (non-hydrogen) atoms. The van der Waals surface area contributed by atoms with Crippen molar-refractivity contribution in [1.29, 1.82) is 0 Å². The fraction of sp³-hybridized carbons (Fsp3) is 0.579. The van der Waals surface area contributed by atoms with Crippen molar-refractivity contribution < 1.29 is 9.59 Å². The van der Waals surface area contributed by atoms with Gasteiger partial charge in [0.15, 0.2) is 0 Å². The lowest BCUT2D eigenvalue weighted by molar-refractivity contribution is -0.136. The van der Waals surface area contributed by atoms with E-state index < -0.39 is 11.8 Å². The Kier molecular flexibility index (Phi) is 7.40. The van der Waals surface area contributed by atoms with Crippen LogP contribution in [0, 0.1) is 5.92 Å². The fourth-order valence-electron chi connectivity index (χ4n) is 3.01. The van der Waals surface area contributed by atoms with Crippen LogP contribution in [0.5, 0.6) is 0 Å². The largest absolute Gasteiger partial charge is 0.348 e. The minimum absolute atomic E-state index is 0.308. The minimum Gasteiger partial charge on any atom is -0.348 e. The second-order valence-electron chi connectivity index (χ2n) is 6.88. The van der Waals surface area contributed by atoms with E-state index in [-0.39, 0.29) is 0 Å². The predicted molar refractivity (Wildman–Crippen MR) is 101 cm³/mol. The summed E-state index contributed by atoms with van der Waals surface area (Å²) in [6.45, 7) is 9.85. The van der Waals surface area contributed by atoms with Gasteiger partial charge in [0, 0.05) is 45.0 Å². The number of hydrogen-bond donors (Lipinski definition) is 2. The molecule has 0 unspecified atom stereocenters. The van der Waals surface area contributed by atoms with Gasteiger partial charge in [0.05, 0.1) is 0 Å². The van der Waals surface area contributed by atoms with Crippen molar-refractivity contribution in [3.8, 4) is 0 Å². The molecule has 1 heterocycles. The number of benzene rings is 1. The van der Waals surface area contributed by atoms with Crippen molar-refractivity contribution in [1.82, 2.24) is 15.1 Å². The maximum absolute atomic E-state index is 12.1. The quantitative estimate of drug-likeness (QED) is 0.760. The van der Waals surface area contributed by atoms with Gasteiger partial charge in [0.1, 0.15) is 0 Å². The lowest BCUT2D eigenvalue weighted by Crippen LogP contribution is -2.47. The van der Waals surface area contributed by atoms with Crippen LogP contribution in [0.25, 0.3) is 0 Å². The van der Waals surface area contributed by atoms with Crippen molar-refractivity contribution in [2.24, 2.45) is 5.92 Å². The molecule has 1 aliphatic heterocycles. The number of aryl methyl sites for hydroxylation is 1. The van der Waals surface area contributed by atoms with Crippen LogP contribution in [-0.2, 0) is 16.0 Å². The van der Waals surface area contributed by atoms with Crippen LogP contribution in [0.1, 0.15) is 19.4 Å². The zero-order chi connectivity index (χ0) is 18.2. The van der Waals surface area contributed by atoms with E-state index in [1.165, 1.54) is 0 Å². The number of para-hydroxylation sites is 1. The molecule has 2 rings (SSSR count). The molecule has 0 aromatic heterocycles. The summed E-state index contributed by atoms with van der Waals surface area (Å²) < 4.78 is 0. The highest BCUT2D eigenvalue weighted by molar-refractivity contribution is 6.39. The zero-order valence-electron chi connectivity index (χ0n) is 15.5. The molecule has 1 atom stereocenters. The van der Waals surface area contributed by atoms with E-state index in [2.05, 4.69) is 34.4 Å². The Morgan fingerprint density at radius 3 is 2.48 bits per heavy atom. The molecule has 1 saturated heterocycles. The zero-order valence-corrected chi connectivity index (χ0v) is 15.5. The number of nitrogens with one attached hydrogen (secondary N) is 2. The number of carbonyl (C=O) groups is 2. The minimum atomic E-state index is -0.604. The Morgan fingerprint density at radius 1 is 1.12 bits per heavy atom. The highest BCUT2D eigenvalue weighted by Crippen LogP contribution is 2.15. The first-order valence-electron chi connectivity index (χ1n) is 9.07. The normalized spacial score (nSPS) is 17.1. The van der Waals surface area contributed by atoms with Crippen molar-refractivity contribution in [3.63, 3.8) is 0 Å². The summed E-state index contributed by atoms with van der Waals surface area (Å²) in [4.78, 5) is 28.9. The molecule has 1 fully saturated rings. The van der Waals surface area contributed by atoms with Gasteiger partial charge in [-0.15, -0.1) is 0 Å². The van der Waals surface area contributed by atoms with Gasteiger partial charge in [-0.3, -0.25) is 9.59 Å². The van der Waals surface area contributed by atoms with E-state index in [1.54, 1.807) is 0 Å². The molecule has 0 saturated carbocycles. The number of carbonyl (C=O) groups excluding carboxylic acids is 2. The molecule has 2 N–H and O–H groups in total. The van der Waals surface area contributed by atoms with Crippen LogP contribution in [-0.4, -0.2) is 67.9 Å². The summed E-state index contributed by atoms with van der Waals surface area (Å²) >= 11 is 0. The van der Waals surface area contributed by atoms with Gasteiger partial charge in [0.2, 0.25) is 0 Å². The molecule has 0 aliphatic carbocycles. The fourth-order valence-corrected chi connectivity index (χ4v) is 3.01. The van der Waals surface area contributed by atoms with Crippen molar-refractivity contribution >= 4 is 17.5 Å². The van der Waals surface area contributed by atoms with E-state index in [0.717, 1.165) is 44.7 Å². The van der Waals surface area contributed by atoms with Crippen molar-refractivity contribution in [2.45, 2.75) is 20.3 Å². The monoisotopic (exact) mass is 346 g/mol. The molecule has 0 radical (unpaired) electrons. The number of nitrogens with zero attached hydrogens (tertiary/aromatic N) is 2. The Morgan fingerprint density at radius 2 is 1.80 bits per heavy atom. The van der Waals surface area contributed by atoms with Gasteiger partial charge >= 0.3 is 11.8 Å². The number of piperazine rings is 1. The number of hydrogen-bond acceptors (Lipinski definition) is 4. The topological polar surface area (TPSA) is 64.7 Å². The van der Waals surface area contributed by atoms with Crippen LogP contribution >= 0.6 is 0 Å². The summed E-state index contributed by atoms with van der Waals surface area (Å²) in [5, 5.41) is 5.45. The molecule has 138 valence electrons. The maximum Gasteiger partial charge on any atom is 0.313 e. The SMILES string of the molecule is CCc1ccccc1NC(=O)C(=O)NC[C@H](C)CN1CCN(C)CC1. The van der Waals surface area contributed by atoms with Crippen LogP contribution in [0.2, 0.25) is 0 Å². The van der Waals surface area contributed by atoms with Gasteiger partial charge in [-0.2, -0.15) is 0 Å². The summed E-state index contributed by atoms with van der Waals surface area (Å²) in [7, 11) is 2.14. The molecule has 1 aliphatic rings. The van der Waals surface area contributed by atoms with E-state index >= 15 is 0 Å². The van der Waals surface area contributed by atoms with Gasteiger partial charge in [-0.1, -0.05) is 32.0 Å². The van der Waals surface area contributed by atoms with E-state index in [1.807, 2.05) is 31.2 Å². The Labute approximate surface area is 150 Å². The summed E-state index contributed by atoms with van der Waals surface area (Å²) in [6.07, 6.45) is 0.806. The summed E-state index contributed by atoms with van der Waals surface area (Å²) in [6, 6.07) is 7.55. The number of anilines is 1. The first-order chi connectivity index (χ1) is 12.0. The molecule has 6 heteroatoms. The summed E-state index contributed by atoms with van der Waals surface area (Å²) in [5.74, 6) is -0.869. The summed E-state index contributed by atoms with van der Waals surface area (Å²) in [5.41, 5.74) is 1.72. The van der Waals surface area contributed by atoms with Gasteiger partial charge in [-0.05, 0) is 31.0 Å². The second-order valence-corrected chi connectivity index (χ2v) is 6.88. The Hall–Kier alpha value is -1.92. The van der Waals surface area contributed by atoms with Gasteiger partial charge in [0.25, 0.3) is 0 Å². The van der Waals surface area contributed by atoms with Crippen LogP contribution < -0.4 is 10.6 Å². The lowest BCUT2D eigenvalue weighted by Gasteiger charge is -2.33. The average Bonchev–Trinajstić information content (AvgIpc) is 2.62. The van der Waals surface area contributed by atoms with Crippen LogP contribution in [0.15, 0.2) is 24.3 Å². The van der Waals surface area contributed by atoms with Gasteiger partial charge < -0.3 is 20.4 Å². The van der Waals surface area contributed by atoms with Crippen molar-refractivity contribution in [3.05, 3.63) is 29.8 Å².